The molecule has 2 aromatic rings. The van der Waals surface area contributed by atoms with Crippen LogP contribution in [0.4, 0.5) is 20.2 Å². The van der Waals surface area contributed by atoms with Crippen molar-refractivity contribution in [2.24, 2.45) is 0 Å². The fourth-order valence-corrected chi connectivity index (χ4v) is 2.30. The Hall–Kier alpha value is -2.96. The first-order valence-electron chi connectivity index (χ1n) is 8.06. The Bertz CT molecular complexity index is 809. The van der Waals surface area contributed by atoms with Gasteiger partial charge < -0.3 is 15.0 Å². The molecule has 1 N–H and O–H groups in total. The van der Waals surface area contributed by atoms with Gasteiger partial charge in [0.05, 0.1) is 11.8 Å². The molecule has 0 saturated carbocycles. The van der Waals surface area contributed by atoms with Crippen molar-refractivity contribution in [1.29, 1.82) is 0 Å². The van der Waals surface area contributed by atoms with Crippen LogP contribution >= 0.6 is 0 Å². The molecule has 0 aliphatic rings. The molecule has 138 valence electrons. The number of nitrogens with one attached hydrogen (secondary N) is 1. The van der Waals surface area contributed by atoms with Crippen molar-refractivity contribution >= 4 is 23.2 Å². The number of carbonyl (C=O) groups is 2. The minimum Gasteiger partial charge on any atom is -0.489 e. The number of nitrogens with zero attached hydrogens (tertiary/aromatic N) is 1. The normalized spacial score (nSPS) is 10.5. The summed E-state index contributed by atoms with van der Waals surface area (Å²) >= 11 is 0. The Labute approximate surface area is 150 Å². The summed E-state index contributed by atoms with van der Waals surface area (Å²) in [6, 6.07) is 9.92. The highest BCUT2D eigenvalue weighted by Gasteiger charge is 2.18. The summed E-state index contributed by atoms with van der Waals surface area (Å²) < 4.78 is 32.1. The molecule has 0 aliphatic carbocycles. The fourth-order valence-electron chi connectivity index (χ4n) is 2.30. The van der Waals surface area contributed by atoms with E-state index in [9.17, 15) is 18.4 Å². The number of para-hydroxylation sites is 2. The first-order valence-corrected chi connectivity index (χ1v) is 8.06. The second-order valence-electron chi connectivity index (χ2n) is 5.91. The van der Waals surface area contributed by atoms with Crippen LogP contribution in [-0.2, 0) is 9.59 Å². The zero-order valence-corrected chi connectivity index (χ0v) is 14.8. The van der Waals surface area contributed by atoms with Gasteiger partial charge in [0.25, 0.3) is 0 Å². The zero-order valence-electron chi connectivity index (χ0n) is 14.8. The summed E-state index contributed by atoms with van der Waals surface area (Å²) in [5.74, 6) is -2.59. The molecule has 0 radical (unpaired) electrons. The van der Waals surface area contributed by atoms with Gasteiger partial charge in [-0.2, -0.15) is 0 Å². The third-order valence-electron chi connectivity index (χ3n) is 3.42. The maximum Gasteiger partial charge on any atom is 0.244 e. The van der Waals surface area contributed by atoms with Crippen molar-refractivity contribution in [1.82, 2.24) is 0 Å². The van der Waals surface area contributed by atoms with Gasteiger partial charge in [-0.05, 0) is 38.1 Å². The smallest absolute Gasteiger partial charge is 0.244 e. The van der Waals surface area contributed by atoms with Gasteiger partial charge in [-0.25, -0.2) is 8.78 Å². The van der Waals surface area contributed by atoms with E-state index in [1.54, 1.807) is 24.3 Å². The maximum absolute atomic E-state index is 13.4. The topological polar surface area (TPSA) is 58.6 Å². The molecule has 0 saturated heterocycles. The number of amides is 2. The van der Waals surface area contributed by atoms with E-state index in [4.69, 9.17) is 4.74 Å². The van der Waals surface area contributed by atoms with Crippen LogP contribution in [0.25, 0.3) is 0 Å². The standard InChI is InChI=1S/C19H20F2N2O3/c1-12(2)26-18-7-5-4-6-17(18)22-19(25)11-23(13(3)24)14-8-9-15(20)16(21)10-14/h4-10,12H,11H2,1-3H3,(H,22,25). The van der Waals surface area contributed by atoms with Crippen molar-refractivity contribution in [3.63, 3.8) is 0 Å². The summed E-state index contributed by atoms with van der Waals surface area (Å²) in [6.07, 6.45) is -0.0797. The van der Waals surface area contributed by atoms with E-state index in [0.29, 0.717) is 11.4 Å². The molecular formula is C19H20F2N2O3. The molecule has 2 aromatic carbocycles. The molecule has 0 unspecified atom stereocenters. The van der Waals surface area contributed by atoms with E-state index in [2.05, 4.69) is 5.32 Å². The average Bonchev–Trinajstić information content (AvgIpc) is 2.56. The lowest BCUT2D eigenvalue weighted by Gasteiger charge is -2.21. The summed E-state index contributed by atoms with van der Waals surface area (Å²) in [5.41, 5.74) is 0.554. The average molecular weight is 362 g/mol. The SMILES string of the molecule is CC(=O)N(CC(=O)Nc1ccccc1OC(C)C)c1ccc(F)c(F)c1. The Morgan fingerprint density at radius 1 is 1.12 bits per heavy atom. The third kappa shape index (κ3) is 5.02. The Balaban J connectivity index is 2.16. The highest BCUT2D eigenvalue weighted by Crippen LogP contribution is 2.25. The van der Waals surface area contributed by atoms with Crippen LogP contribution < -0.4 is 15.0 Å². The van der Waals surface area contributed by atoms with Gasteiger partial charge in [0.1, 0.15) is 12.3 Å². The van der Waals surface area contributed by atoms with Crippen molar-refractivity contribution in [2.45, 2.75) is 26.9 Å². The largest absolute Gasteiger partial charge is 0.489 e. The summed E-state index contributed by atoms with van der Waals surface area (Å²) in [7, 11) is 0. The maximum atomic E-state index is 13.4. The van der Waals surface area contributed by atoms with E-state index in [1.165, 1.54) is 13.0 Å². The van der Waals surface area contributed by atoms with Crippen LogP contribution in [0, 0.1) is 11.6 Å². The van der Waals surface area contributed by atoms with Crippen LogP contribution in [0.3, 0.4) is 0 Å². The Morgan fingerprint density at radius 2 is 1.81 bits per heavy atom. The van der Waals surface area contributed by atoms with Gasteiger partial charge >= 0.3 is 0 Å². The third-order valence-corrected chi connectivity index (χ3v) is 3.42. The van der Waals surface area contributed by atoms with Crippen LogP contribution in [0.15, 0.2) is 42.5 Å². The first-order chi connectivity index (χ1) is 12.3. The van der Waals surface area contributed by atoms with E-state index < -0.39 is 23.4 Å². The quantitative estimate of drug-likeness (QED) is 0.852. The van der Waals surface area contributed by atoms with Gasteiger partial charge in [-0.3, -0.25) is 9.59 Å². The lowest BCUT2D eigenvalue weighted by molar-refractivity contribution is -0.120. The molecule has 5 nitrogen and oxygen atoms in total. The van der Waals surface area contributed by atoms with Crippen LogP contribution in [0.1, 0.15) is 20.8 Å². The molecule has 2 amide bonds. The number of benzene rings is 2. The monoisotopic (exact) mass is 362 g/mol. The molecule has 7 heteroatoms. The minimum absolute atomic E-state index is 0.0797. The molecule has 0 aromatic heterocycles. The lowest BCUT2D eigenvalue weighted by atomic mass is 10.2. The Kier molecular flexibility index (Phi) is 6.27. The number of ether oxygens (including phenoxy) is 1. The molecule has 0 aliphatic heterocycles. The predicted molar refractivity (Wildman–Crippen MR) is 95.2 cm³/mol. The van der Waals surface area contributed by atoms with Crippen molar-refractivity contribution in [3.05, 3.63) is 54.1 Å². The van der Waals surface area contributed by atoms with Crippen LogP contribution in [0.2, 0.25) is 0 Å². The number of halogens is 2. The van der Waals surface area contributed by atoms with Crippen LogP contribution in [-0.4, -0.2) is 24.5 Å². The minimum atomic E-state index is -1.09. The molecule has 0 heterocycles. The van der Waals surface area contributed by atoms with E-state index >= 15 is 0 Å². The highest BCUT2D eigenvalue weighted by molar-refractivity contribution is 6.02. The molecule has 2 rings (SSSR count). The van der Waals surface area contributed by atoms with Crippen molar-refractivity contribution in [2.75, 3.05) is 16.8 Å². The van der Waals surface area contributed by atoms with Crippen LogP contribution in [0.5, 0.6) is 5.75 Å². The number of anilines is 2. The zero-order chi connectivity index (χ0) is 19.3. The fraction of sp³-hybridized carbons (Fsp3) is 0.263. The van der Waals surface area contributed by atoms with Gasteiger partial charge in [0, 0.05) is 18.7 Å². The molecule has 0 atom stereocenters. The molecule has 26 heavy (non-hydrogen) atoms. The molecule has 0 bridgehead atoms. The van der Waals surface area contributed by atoms with Crippen molar-refractivity contribution in [3.8, 4) is 5.75 Å². The molecule has 0 spiro atoms. The summed E-state index contributed by atoms with van der Waals surface area (Å²) in [6.45, 7) is 4.61. The van der Waals surface area contributed by atoms with Crippen molar-refractivity contribution < 1.29 is 23.1 Å². The highest BCUT2D eigenvalue weighted by atomic mass is 19.2. The van der Waals surface area contributed by atoms with Gasteiger partial charge in [-0.1, -0.05) is 12.1 Å². The number of carbonyl (C=O) groups excluding carboxylic acids is 2. The molecular weight excluding hydrogens is 342 g/mol. The first kappa shape index (κ1) is 19.4. The molecule has 0 fully saturated rings. The predicted octanol–water partition coefficient (Wildman–Crippen LogP) is 3.74. The van der Waals surface area contributed by atoms with E-state index in [-0.39, 0.29) is 18.3 Å². The van der Waals surface area contributed by atoms with Gasteiger partial charge in [0.15, 0.2) is 11.6 Å². The van der Waals surface area contributed by atoms with E-state index in [1.807, 2.05) is 13.8 Å². The summed E-state index contributed by atoms with van der Waals surface area (Å²) in [5, 5.41) is 2.67. The van der Waals surface area contributed by atoms with Gasteiger partial charge in [0.2, 0.25) is 11.8 Å². The lowest BCUT2D eigenvalue weighted by Crippen LogP contribution is -2.36. The second-order valence-corrected chi connectivity index (χ2v) is 5.91. The Morgan fingerprint density at radius 3 is 2.42 bits per heavy atom. The number of hydrogen-bond acceptors (Lipinski definition) is 3. The van der Waals surface area contributed by atoms with Gasteiger partial charge in [-0.15, -0.1) is 0 Å². The number of hydrogen-bond donors (Lipinski definition) is 1. The number of rotatable bonds is 6. The summed E-state index contributed by atoms with van der Waals surface area (Å²) in [4.78, 5) is 25.3. The van der Waals surface area contributed by atoms with E-state index in [0.717, 1.165) is 17.0 Å². The second kappa shape index (κ2) is 8.42.